The van der Waals surface area contributed by atoms with Crippen LogP contribution in [0, 0.1) is 13.8 Å². The summed E-state index contributed by atoms with van der Waals surface area (Å²) in [5, 5.41) is 2.44. The van der Waals surface area contributed by atoms with E-state index < -0.39 is 23.8 Å². The second kappa shape index (κ2) is 6.95. The molecule has 1 amide bonds. The summed E-state index contributed by atoms with van der Waals surface area (Å²) < 4.78 is 43.6. The van der Waals surface area contributed by atoms with E-state index in [1.165, 1.54) is 12.1 Å². The summed E-state index contributed by atoms with van der Waals surface area (Å²) in [5.41, 5.74) is 1.25. The van der Waals surface area contributed by atoms with Crippen LogP contribution in [0.25, 0.3) is 0 Å². The van der Waals surface area contributed by atoms with E-state index in [2.05, 4.69) is 5.32 Å². The minimum Gasteiger partial charge on any atom is -0.481 e. The summed E-state index contributed by atoms with van der Waals surface area (Å²) >= 11 is 0. The largest absolute Gasteiger partial charge is 0.481 e. The molecule has 0 aliphatic heterocycles. The van der Waals surface area contributed by atoms with Crippen molar-refractivity contribution in [1.82, 2.24) is 0 Å². The summed E-state index contributed by atoms with van der Waals surface area (Å²) in [6.07, 6.45) is -5.30. The van der Waals surface area contributed by atoms with E-state index in [1.54, 1.807) is 19.1 Å². The van der Waals surface area contributed by atoms with Gasteiger partial charge in [-0.25, -0.2) is 0 Å². The van der Waals surface area contributed by atoms with Gasteiger partial charge in [0.2, 0.25) is 0 Å². The number of hydrogen-bond acceptors (Lipinski definition) is 2. The van der Waals surface area contributed by atoms with Crippen LogP contribution in [-0.4, -0.2) is 12.0 Å². The lowest BCUT2D eigenvalue weighted by Crippen LogP contribution is -2.30. The number of ether oxygens (including phenoxy) is 1. The van der Waals surface area contributed by atoms with Crippen molar-refractivity contribution >= 4 is 11.6 Å². The van der Waals surface area contributed by atoms with Crippen LogP contribution in [0.15, 0.2) is 42.5 Å². The van der Waals surface area contributed by atoms with Crippen LogP contribution in [0.1, 0.15) is 23.6 Å². The fraction of sp³-hybridized carbons (Fsp3) is 0.278. The SMILES string of the molecule is Cc1cc(C)cc(O[C@@H](C)C(=O)Nc2cccc(C(F)(F)F)c2)c1. The second-order valence-electron chi connectivity index (χ2n) is 5.65. The first-order valence-corrected chi connectivity index (χ1v) is 7.38. The molecule has 0 saturated heterocycles. The van der Waals surface area contributed by atoms with Gasteiger partial charge in [-0.2, -0.15) is 13.2 Å². The molecule has 24 heavy (non-hydrogen) atoms. The monoisotopic (exact) mass is 337 g/mol. The summed E-state index contributed by atoms with van der Waals surface area (Å²) in [6, 6.07) is 10.0. The Kier molecular flexibility index (Phi) is 5.17. The first-order chi connectivity index (χ1) is 11.1. The Morgan fingerprint density at radius 3 is 2.29 bits per heavy atom. The van der Waals surface area contributed by atoms with E-state index in [0.717, 1.165) is 23.3 Å². The molecule has 0 fully saturated rings. The third-order valence-electron chi connectivity index (χ3n) is 3.33. The zero-order valence-electron chi connectivity index (χ0n) is 13.6. The number of carbonyl (C=O) groups is 1. The van der Waals surface area contributed by atoms with Gasteiger partial charge in [-0.05, 0) is 62.2 Å². The Morgan fingerprint density at radius 2 is 1.71 bits per heavy atom. The normalized spacial score (nSPS) is 12.6. The lowest BCUT2D eigenvalue weighted by atomic mass is 10.1. The highest BCUT2D eigenvalue weighted by Crippen LogP contribution is 2.30. The van der Waals surface area contributed by atoms with Crippen LogP contribution in [0.3, 0.4) is 0 Å². The topological polar surface area (TPSA) is 38.3 Å². The van der Waals surface area contributed by atoms with Crippen LogP contribution >= 0.6 is 0 Å². The molecule has 6 heteroatoms. The molecule has 0 unspecified atom stereocenters. The van der Waals surface area contributed by atoms with Crippen molar-refractivity contribution in [3.05, 3.63) is 59.2 Å². The molecule has 2 rings (SSSR count). The molecule has 0 heterocycles. The Hall–Kier alpha value is -2.50. The summed E-state index contributed by atoms with van der Waals surface area (Å²) in [5.74, 6) is 0.0210. The van der Waals surface area contributed by atoms with Crippen molar-refractivity contribution in [2.75, 3.05) is 5.32 Å². The minimum absolute atomic E-state index is 0.0747. The van der Waals surface area contributed by atoms with Crippen molar-refractivity contribution < 1.29 is 22.7 Å². The van der Waals surface area contributed by atoms with Crippen molar-refractivity contribution in [1.29, 1.82) is 0 Å². The lowest BCUT2D eigenvalue weighted by molar-refractivity contribution is -0.137. The summed E-state index contributed by atoms with van der Waals surface area (Å²) in [4.78, 5) is 12.1. The maximum Gasteiger partial charge on any atom is 0.416 e. The quantitative estimate of drug-likeness (QED) is 0.876. The molecule has 0 aromatic heterocycles. The lowest BCUT2D eigenvalue weighted by Gasteiger charge is -2.16. The molecule has 1 atom stereocenters. The molecular formula is C18H18F3NO2. The zero-order valence-corrected chi connectivity index (χ0v) is 13.6. The zero-order chi connectivity index (χ0) is 17.9. The summed E-state index contributed by atoms with van der Waals surface area (Å²) in [6.45, 7) is 5.36. The average Bonchev–Trinajstić information content (AvgIpc) is 2.45. The molecule has 0 spiro atoms. The number of nitrogens with one attached hydrogen (secondary N) is 1. The van der Waals surface area contributed by atoms with Crippen LogP contribution in [0.2, 0.25) is 0 Å². The van der Waals surface area contributed by atoms with Gasteiger partial charge in [0, 0.05) is 5.69 Å². The fourth-order valence-corrected chi connectivity index (χ4v) is 2.28. The predicted molar refractivity (Wildman–Crippen MR) is 86.1 cm³/mol. The van der Waals surface area contributed by atoms with Gasteiger partial charge >= 0.3 is 6.18 Å². The molecule has 1 N–H and O–H groups in total. The van der Waals surface area contributed by atoms with E-state index >= 15 is 0 Å². The van der Waals surface area contributed by atoms with Gasteiger partial charge < -0.3 is 10.1 Å². The molecule has 3 nitrogen and oxygen atoms in total. The number of anilines is 1. The second-order valence-corrected chi connectivity index (χ2v) is 5.65. The van der Waals surface area contributed by atoms with Crippen LogP contribution in [0.5, 0.6) is 5.75 Å². The first kappa shape index (κ1) is 17.8. The van der Waals surface area contributed by atoms with Gasteiger partial charge in [-0.15, -0.1) is 0 Å². The molecule has 0 aliphatic carbocycles. The Balaban J connectivity index is 2.06. The molecule has 0 saturated carbocycles. The third kappa shape index (κ3) is 4.75. The highest BCUT2D eigenvalue weighted by Gasteiger charge is 2.30. The van der Waals surface area contributed by atoms with Crippen LogP contribution < -0.4 is 10.1 Å². The van der Waals surface area contributed by atoms with Gasteiger partial charge in [-0.1, -0.05) is 12.1 Å². The van der Waals surface area contributed by atoms with Gasteiger partial charge in [0.1, 0.15) is 5.75 Å². The van der Waals surface area contributed by atoms with E-state index in [1.807, 2.05) is 19.9 Å². The van der Waals surface area contributed by atoms with E-state index in [4.69, 9.17) is 4.74 Å². The van der Waals surface area contributed by atoms with Gasteiger partial charge in [-0.3, -0.25) is 4.79 Å². The number of aryl methyl sites for hydroxylation is 2. The van der Waals surface area contributed by atoms with Crippen LogP contribution in [-0.2, 0) is 11.0 Å². The predicted octanol–water partition coefficient (Wildman–Crippen LogP) is 4.73. The van der Waals surface area contributed by atoms with E-state index in [9.17, 15) is 18.0 Å². The van der Waals surface area contributed by atoms with Crippen molar-refractivity contribution in [2.45, 2.75) is 33.1 Å². The minimum atomic E-state index is -4.46. The maximum absolute atomic E-state index is 12.7. The Labute approximate surface area is 138 Å². The molecule has 128 valence electrons. The van der Waals surface area contributed by atoms with Crippen LogP contribution in [0.4, 0.5) is 18.9 Å². The molecule has 0 radical (unpaired) electrons. The van der Waals surface area contributed by atoms with Gasteiger partial charge in [0.25, 0.3) is 5.91 Å². The number of amides is 1. The van der Waals surface area contributed by atoms with Gasteiger partial charge in [0.05, 0.1) is 5.56 Å². The van der Waals surface area contributed by atoms with Crippen molar-refractivity contribution in [3.8, 4) is 5.75 Å². The number of benzene rings is 2. The number of rotatable bonds is 4. The Bertz CT molecular complexity index is 721. The Morgan fingerprint density at radius 1 is 1.08 bits per heavy atom. The van der Waals surface area contributed by atoms with Gasteiger partial charge in [0.15, 0.2) is 6.10 Å². The first-order valence-electron chi connectivity index (χ1n) is 7.38. The fourth-order valence-electron chi connectivity index (χ4n) is 2.28. The smallest absolute Gasteiger partial charge is 0.416 e. The molecule has 2 aromatic rings. The number of alkyl halides is 3. The van der Waals surface area contributed by atoms with Crippen molar-refractivity contribution in [3.63, 3.8) is 0 Å². The highest BCUT2D eigenvalue weighted by molar-refractivity contribution is 5.94. The number of halogens is 3. The molecule has 2 aromatic carbocycles. The van der Waals surface area contributed by atoms with E-state index in [-0.39, 0.29) is 5.69 Å². The maximum atomic E-state index is 12.7. The molecule has 0 aliphatic rings. The summed E-state index contributed by atoms with van der Waals surface area (Å²) in [7, 11) is 0. The highest BCUT2D eigenvalue weighted by atomic mass is 19.4. The average molecular weight is 337 g/mol. The van der Waals surface area contributed by atoms with E-state index in [0.29, 0.717) is 5.75 Å². The van der Waals surface area contributed by atoms with Crippen molar-refractivity contribution in [2.24, 2.45) is 0 Å². The molecular weight excluding hydrogens is 319 g/mol. The standard InChI is InChI=1S/C18H18F3NO2/c1-11-7-12(2)9-16(8-11)24-13(3)17(23)22-15-6-4-5-14(10-15)18(19,20)21/h4-10,13H,1-3H3,(H,22,23)/t13-/m0/s1. The number of hydrogen-bond donors (Lipinski definition) is 1. The third-order valence-corrected chi connectivity index (χ3v) is 3.33. The molecule has 0 bridgehead atoms. The number of carbonyl (C=O) groups excluding carboxylic acids is 1.